The lowest BCUT2D eigenvalue weighted by atomic mass is 9.63. The summed E-state index contributed by atoms with van der Waals surface area (Å²) in [5.41, 5.74) is 1.59. The highest BCUT2D eigenvalue weighted by Crippen LogP contribution is 2.44. The molecule has 2 aliphatic heterocycles. The van der Waals surface area contributed by atoms with E-state index in [0.29, 0.717) is 12.2 Å². The monoisotopic (exact) mass is 336 g/mol. The molecule has 1 saturated carbocycles. The molecule has 1 aliphatic carbocycles. The highest BCUT2D eigenvalue weighted by Gasteiger charge is 2.44. The van der Waals surface area contributed by atoms with Gasteiger partial charge in [0.15, 0.2) is 0 Å². The molecule has 2 fully saturated rings. The number of carbonyl (C=O) groups is 2. The Morgan fingerprint density at radius 2 is 1.96 bits per heavy atom. The molecule has 134 valence electrons. The fourth-order valence-electron chi connectivity index (χ4n) is 4.43. The van der Waals surface area contributed by atoms with Crippen LogP contribution >= 0.6 is 0 Å². The first-order chi connectivity index (χ1) is 11.5. The van der Waals surface area contributed by atoms with Gasteiger partial charge in [0.05, 0.1) is 0 Å². The van der Waals surface area contributed by atoms with Crippen LogP contribution in [-0.2, 0) is 9.59 Å². The van der Waals surface area contributed by atoms with Gasteiger partial charge >= 0.3 is 11.9 Å². The molecule has 6 nitrogen and oxygen atoms in total. The molecule has 0 amide bonds. The van der Waals surface area contributed by atoms with E-state index >= 15 is 0 Å². The van der Waals surface area contributed by atoms with Crippen LogP contribution in [-0.4, -0.2) is 47.5 Å². The second-order valence-electron chi connectivity index (χ2n) is 6.87. The van der Waals surface area contributed by atoms with Crippen LogP contribution in [0.3, 0.4) is 0 Å². The van der Waals surface area contributed by atoms with Gasteiger partial charge in [-0.3, -0.25) is 4.99 Å². The highest BCUT2D eigenvalue weighted by atomic mass is 16.4. The summed E-state index contributed by atoms with van der Waals surface area (Å²) in [4.78, 5) is 23.9. The lowest BCUT2D eigenvalue weighted by Gasteiger charge is -2.42. The summed E-state index contributed by atoms with van der Waals surface area (Å²) >= 11 is 0. The zero-order valence-corrected chi connectivity index (χ0v) is 14.3. The normalized spacial score (nSPS) is 31.5. The van der Waals surface area contributed by atoms with Gasteiger partial charge in [-0.1, -0.05) is 13.3 Å². The Morgan fingerprint density at radius 3 is 2.58 bits per heavy atom. The van der Waals surface area contributed by atoms with Gasteiger partial charge in [0.2, 0.25) is 0 Å². The molecular formula is C18H28N2O4. The second-order valence-corrected chi connectivity index (χ2v) is 6.87. The summed E-state index contributed by atoms with van der Waals surface area (Å²) in [5.74, 6) is 1.15. The Bertz CT molecular complexity index is 499. The standard InChI is InChI=1S/C14H24N2.C4H4O4/c1-2-4-11-12-5-3-6-16-14(12)7-10-8-15-9-13(10)11;5-3(6)1-2-4(7)8/h10-13,15H,2-9H2,1H3;1-2H,(H,5,6)(H,7,8)/b;2-1-. The molecule has 0 aromatic carbocycles. The molecule has 1 saturated heterocycles. The summed E-state index contributed by atoms with van der Waals surface area (Å²) < 4.78 is 0. The van der Waals surface area contributed by atoms with E-state index in [1.165, 1.54) is 45.2 Å². The lowest BCUT2D eigenvalue weighted by Crippen LogP contribution is -2.41. The van der Waals surface area contributed by atoms with Crippen molar-refractivity contribution in [3.8, 4) is 0 Å². The van der Waals surface area contributed by atoms with Crippen LogP contribution in [0.4, 0.5) is 0 Å². The van der Waals surface area contributed by atoms with E-state index in [9.17, 15) is 9.59 Å². The third-order valence-corrected chi connectivity index (χ3v) is 5.34. The number of fused-ring (bicyclic) bond motifs is 2. The van der Waals surface area contributed by atoms with E-state index in [1.54, 1.807) is 5.71 Å². The molecular weight excluding hydrogens is 308 g/mol. The van der Waals surface area contributed by atoms with Gasteiger partial charge < -0.3 is 15.5 Å². The third-order valence-electron chi connectivity index (χ3n) is 5.34. The van der Waals surface area contributed by atoms with Crippen molar-refractivity contribution in [3.63, 3.8) is 0 Å². The average molecular weight is 336 g/mol. The predicted octanol–water partition coefficient (Wildman–Crippen LogP) is 2.20. The quantitative estimate of drug-likeness (QED) is 0.684. The Kier molecular flexibility index (Phi) is 6.97. The molecule has 24 heavy (non-hydrogen) atoms. The van der Waals surface area contributed by atoms with Crippen molar-refractivity contribution >= 4 is 17.7 Å². The number of carboxylic acids is 2. The van der Waals surface area contributed by atoms with E-state index in [1.807, 2.05) is 0 Å². The molecule has 3 aliphatic rings. The van der Waals surface area contributed by atoms with E-state index < -0.39 is 11.9 Å². The van der Waals surface area contributed by atoms with Gasteiger partial charge in [0.1, 0.15) is 0 Å². The second kappa shape index (κ2) is 8.97. The molecule has 2 heterocycles. The van der Waals surface area contributed by atoms with Crippen molar-refractivity contribution in [1.82, 2.24) is 5.32 Å². The fraction of sp³-hybridized carbons (Fsp3) is 0.722. The minimum absolute atomic E-state index is 0.558. The number of nitrogens with one attached hydrogen (secondary N) is 1. The summed E-state index contributed by atoms with van der Waals surface area (Å²) in [6.07, 6.45) is 7.95. The van der Waals surface area contributed by atoms with Crippen LogP contribution in [0.1, 0.15) is 39.0 Å². The maximum atomic E-state index is 9.55. The molecule has 6 heteroatoms. The van der Waals surface area contributed by atoms with Gasteiger partial charge in [0, 0.05) is 30.3 Å². The SMILES string of the molecule is CCCC1C2CCCN=C2CC2CNCC21.O=C(O)/C=C\C(=O)O. The summed E-state index contributed by atoms with van der Waals surface area (Å²) in [7, 11) is 0. The number of aliphatic carboxylic acids is 2. The minimum Gasteiger partial charge on any atom is -0.478 e. The zero-order chi connectivity index (χ0) is 17.5. The van der Waals surface area contributed by atoms with Crippen molar-refractivity contribution in [1.29, 1.82) is 0 Å². The molecule has 0 aromatic heterocycles. The number of nitrogens with zero attached hydrogens (tertiary/aromatic N) is 1. The first kappa shape index (κ1) is 18.6. The highest BCUT2D eigenvalue weighted by molar-refractivity contribution is 5.89. The number of hydrogen-bond donors (Lipinski definition) is 3. The van der Waals surface area contributed by atoms with Crippen LogP contribution in [0.25, 0.3) is 0 Å². The zero-order valence-electron chi connectivity index (χ0n) is 14.3. The van der Waals surface area contributed by atoms with Crippen molar-refractivity contribution in [2.24, 2.45) is 28.7 Å². The fourth-order valence-corrected chi connectivity index (χ4v) is 4.43. The largest absolute Gasteiger partial charge is 0.478 e. The smallest absolute Gasteiger partial charge is 0.328 e. The molecule has 3 N–H and O–H groups in total. The molecule has 4 atom stereocenters. The molecule has 3 rings (SSSR count). The van der Waals surface area contributed by atoms with Crippen molar-refractivity contribution in [3.05, 3.63) is 12.2 Å². The van der Waals surface area contributed by atoms with Gasteiger partial charge in [-0.2, -0.15) is 0 Å². The van der Waals surface area contributed by atoms with E-state index in [2.05, 4.69) is 12.2 Å². The lowest BCUT2D eigenvalue weighted by molar-refractivity contribution is -0.134. The number of hydrogen-bond acceptors (Lipinski definition) is 4. The Labute approximate surface area is 143 Å². The summed E-state index contributed by atoms with van der Waals surface area (Å²) in [6.45, 7) is 5.97. The maximum Gasteiger partial charge on any atom is 0.328 e. The topological polar surface area (TPSA) is 99.0 Å². The van der Waals surface area contributed by atoms with Gasteiger partial charge in [-0.05, 0) is 56.5 Å². The Hall–Kier alpha value is -1.69. The Morgan fingerprint density at radius 1 is 1.25 bits per heavy atom. The van der Waals surface area contributed by atoms with Gasteiger partial charge in [0.25, 0.3) is 0 Å². The molecule has 0 aromatic rings. The first-order valence-electron chi connectivity index (χ1n) is 8.90. The van der Waals surface area contributed by atoms with Gasteiger partial charge in [-0.25, -0.2) is 9.59 Å². The predicted molar refractivity (Wildman–Crippen MR) is 92.3 cm³/mol. The molecule has 0 spiro atoms. The first-order valence-corrected chi connectivity index (χ1v) is 8.90. The van der Waals surface area contributed by atoms with Crippen molar-refractivity contribution < 1.29 is 19.8 Å². The summed E-state index contributed by atoms with van der Waals surface area (Å²) in [6, 6.07) is 0. The van der Waals surface area contributed by atoms with E-state index in [0.717, 1.165) is 30.2 Å². The number of aliphatic imine (C=N–C) groups is 1. The van der Waals surface area contributed by atoms with Crippen LogP contribution in [0.2, 0.25) is 0 Å². The molecule has 0 bridgehead atoms. The summed E-state index contributed by atoms with van der Waals surface area (Å²) in [5, 5.41) is 19.2. The van der Waals surface area contributed by atoms with Crippen LogP contribution < -0.4 is 5.32 Å². The van der Waals surface area contributed by atoms with Crippen LogP contribution in [0, 0.1) is 23.7 Å². The van der Waals surface area contributed by atoms with E-state index in [-0.39, 0.29) is 0 Å². The minimum atomic E-state index is -1.26. The van der Waals surface area contributed by atoms with Gasteiger partial charge in [-0.15, -0.1) is 0 Å². The number of carboxylic acid groups (broad SMARTS) is 2. The van der Waals surface area contributed by atoms with E-state index in [4.69, 9.17) is 15.2 Å². The third kappa shape index (κ3) is 4.90. The number of rotatable bonds is 4. The Balaban J connectivity index is 0.000000224. The molecule has 0 radical (unpaired) electrons. The average Bonchev–Trinajstić information content (AvgIpc) is 3.01. The van der Waals surface area contributed by atoms with Crippen LogP contribution in [0.15, 0.2) is 17.1 Å². The maximum absolute atomic E-state index is 9.55. The van der Waals surface area contributed by atoms with Crippen molar-refractivity contribution in [2.75, 3.05) is 19.6 Å². The van der Waals surface area contributed by atoms with Crippen molar-refractivity contribution in [2.45, 2.75) is 39.0 Å². The van der Waals surface area contributed by atoms with Crippen LogP contribution in [0.5, 0.6) is 0 Å². The molecule has 4 unspecified atom stereocenters.